The van der Waals surface area contributed by atoms with Crippen molar-refractivity contribution in [3.63, 3.8) is 0 Å². The Hall–Kier alpha value is -3.48. The zero-order valence-corrected chi connectivity index (χ0v) is 20.2. The Morgan fingerprint density at radius 3 is 2.38 bits per heavy atom. The lowest BCUT2D eigenvalue weighted by Gasteiger charge is -2.11. The molecule has 34 heavy (non-hydrogen) atoms. The van der Waals surface area contributed by atoms with E-state index >= 15 is 0 Å². The van der Waals surface area contributed by atoms with Crippen molar-refractivity contribution in [3.05, 3.63) is 91.8 Å². The number of carbonyl (C=O) groups excluding carboxylic acids is 1. The number of aryl methyl sites for hydroxylation is 3. The topological polar surface area (TPSA) is 77.8 Å². The molecule has 0 unspecified atom stereocenters. The Kier molecular flexibility index (Phi) is 6.82. The van der Waals surface area contributed by atoms with Crippen molar-refractivity contribution in [1.82, 2.24) is 0 Å². The lowest BCUT2D eigenvalue weighted by atomic mass is 10.1. The summed E-state index contributed by atoms with van der Waals surface area (Å²) in [5.74, 6) is 0.605. The van der Waals surface area contributed by atoms with E-state index in [1.165, 1.54) is 6.26 Å². The molecule has 0 aliphatic heterocycles. The van der Waals surface area contributed by atoms with Gasteiger partial charge >= 0.3 is 0 Å². The van der Waals surface area contributed by atoms with Crippen molar-refractivity contribution >= 4 is 45.8 Å². The van der Waals surface area contributed by atoms with E-state index in [1.54, 1.807) is 48.5 Å². The number of nitrogens with one attached hydrogen (secondary N) is 1. The summed E-state index contributed by atoms with van der Waals surface area (Å²) in [4.78, 5) is 25.1. The summed E-state index contributed by atoms with van der Waals surface area (Å²) in [5, 5.41) is 4.35. The molecule has 8 heteroatoms. The SMILES string of the molecule is Cc1cc(Cl)ccc1NC(=O)COc1ccc2c(=O)c(Oc3cc(C)c(Cl)c(C)c3)coc2c1. The summed E-state index contributed by atoms with van der Waals surface area (Å²) >= 11 is 12.1. The highest BCUT2D eigenvalue weighted by molar-refractivity contribution is 6.32. The fourth-order valence-electron chi connectivity index (χ4n) is 3.45. The second-order valence-electron chi connectivity index (χ2n) is 7.86. The monoisotopic (exact) mass is 497 g/mol. The zero-order chi connectivity index (χ0) is 24.4. The number of rotatable bonds is 6. The fraction of sp³-hybridized carbons (Fsp3) is 0.154. The molecule has 0 radical (unpaired) electrons. The molecule has 0 fully saturated rings. The van der Waals surface area contributed by atoms with Crippen LogP contribution in [0, 0.1) is 20.8 Å². The Morgan fingerprint density at radius 2 is 1.68 bits per heavy atom. The van der Waals surface area contributed by atoms with Gasteiger partial charge in [0.2, 0.25) is 11.2 Å². The van der Waals surface area contributed by atoms with Gasteiger partial charge in [-0.25, -0.2) is 0 Å². The Balaban J connectivity index is 1.47. The summed E-state index contributed by atoms with van der Waals surface area (Å²) < 4.78 is 16.9. The summed E-state index contributed by atoms with van der Waals surface area (Å²) in [6.45, 7) is 5.36. The van der Waals surface area contributed by atoms with Gasteiger partial charge in [0.15, 0.2) is 6.61 Å². The molecule has 174 valence electrons. The molecule has 0 spiro atoms. The van der Waals surface area contributed by atoms with Crippen molar-refractivity contribution in [3.8, 4) is 17.2 Å². The van der Waals surface area contributed by atoms with Crippen LogP contribution in [0.25, 0.3) is 11.0 Å². The van der Waals surface area contributed by atoms with Crippen LogP contribution >= 0.6 is 23.2 Å². The van der Waals surface area contributed by atoms with E-state index in [0.717, 1.165) is 16.7 Å². The number of anilines is 1. The quantitative estimate of drug-likeness (QED) is 0.315. The van der Waals surface area contributed by atoms with Crippen molar-refractivity contribution in [2.75, 3.05) is 11.9 Å². The molecule has 6 nitrogen and oxygen atoms in total. The fourth-order valence-corrected chi connectivity index (χ4v) is 3.78. The lowest BCUT2D eigenvalue weighted by molar-refractivity contribution is -0.118. The zero-order valence-electron chi connectivity index (χ0n) is 18.7. The van der Waals surface area contributed by atoms with E-state index in [1.807, 2.05) is 20.8 Å². The van der Waals surface area contributed by atoms with Crippen LogP contribution in [-0.4, -0.2) is 12.5 Å². The van der Waals surface area contributed by atoms with E-state index in [9.17, 15) is 9.59 Å². The first kappa shape index (κ1) is 23.7. The number of hydrogen-bond donors (Lipinski definition) is 1. The van der Waals surface area contributed by atoms with Gasteiger partial charge in [-0.15, -0.1) is 0 Å². The van der Waals surface area contributed by atoms with Crippen molar-refractivity contribution in [2.24, 2.45) is 0 Å². The van der Waals surface area contributed by atoms with Crippen LogP contribution < -0.4 is 20.2 Å². The Labute approximate surface area is 206 Å². The first-order valence-corrected chi connectivity index (χ1v) is 11.2. The van der Waals surface area contributed by atoms with E-state index in [2.05, 4.69) is 5.32 Å². The molecule has 0 bridgehead atoms. The third kappa shape index (κ3) is 5.19. The smallest absolute Gasteiger partial charge is 0.262 e. The lowest BCUT2D eigenvalue weighted by Crippen LogP contribution is -2.20. The van der Waals surface area contributed by atoms with Gasteiger partial charge in [0.05, 0.1) is 5.39 Å². The molecule has 3 aromatic carbocycles. The summed E-state index contributed by atoms with van der Waals surface area (Å²) in [6, 6.07) is 13.4. The molecule has 0 saturated carbocycles. The number of fused-ring (bicyclic) bond motifs is 1. The van der Waals surface area contributed by atoms with Crippen LogP contribution in [0.15, 0.2) is 64.0 Å². The van der Waals surface area contributed by atoms with Crippen molar-refractivity contribution in [1.29, 1.82) is 0 Å². The second kappa shape index (κ2) is 9.79. The van der Waals surface area contributed by atoms with E-state index < -0.39 is 0 Å². The molecule has 1 heterocycles. The van der Waals surface area contributed by atoms with Crippen molar-refractivity contribution < 1.29 is 18.7 Å². The third-order valence-electron chi connectivity index (χ3n) is 5.18. The predicted molar refractivity (Wildman–Crippen MR) is 134 cm³/mol. The number of benzene rings is 3. The van der Waals surface area contributed by atoms with Gasteiger partial charge in [0, 0.05) is 21.8 Å². The summed E-state index contributed by atoms with van der Waals surface area (Å²) in [7, 11) is 0. The maximum absolute atomic E-state index is 12.9. The second-order valence-corrected chi connectivity index (χ2v) is 8.67. The van der Waals surface area contributed by atoms with Gasteiger partial charge in [0.1, 0.15) is 23.3 Å². The molecule has 0 aliphatic carbocycles. The minimum Gasteiger partial charge on any atom is -0.484 e. The Bertz CT molecular complexity index is 1440. The third-order valence-corrected chi connectivity index (χ3v) is 6.02. The van der Waals surface area contributed by atoms with Crippen LogP contribution in [0.1, 0.15) is 16.7 Å². The first-order valence-electron chi connectivity index (χ1n) is 10.4. The molecule has 0 saturated heterocycles. The van der Waals surface area contributed by atoms with Crippen LogP contribution in [0.5, 0.6) is 17.2 Å². The number of hydrogen-bond acceptors (Lipinski definition) is 5. The number of carbonyl (C=O) groups is 1. The molecular formula is C26H21Cl2NO5. The van der Waals surface area contributed by atoms with Crippen LogP contribution in [-0.2, 0) is 4.79 Å². The molecule has 1 aromatic heterocycles. The van der Waals surface area contributed by atoms with E-state index in [0.29, 0.717) is 38.2 Å². The van der Waals surface area contributed by atoms with Gasteiger partial charge in [-0.1, -0.05) is 23.2 Å². The van der Waals surface area contributed by atoms with E-state index in [-0.39, 0.29) is 23.7 Å². The average Bonchev–Trinajstić information content (AvgIpc) is 2.80. The maximum atomic E-state index is 12.9. The van der Waals surface area contributed by atoms with Gasteiger partial charge in [-0.2, -0.15) is 0 Å². The van der Waals surface area contributed by atoms with Gasteiger partial charge < -0.3 is 19.2 Å². The molecule has 4 aromatic rings. The highest BCUT2D eigenvalue weighted by Gasteiger charge is 2.13. The normalized spacial score (nSPS) is 10.9. The number of halogens is 2. The highest BCUT2D eigenvalue weighted by atomic mass is 35.5. The summed E-state index contributed by atoms with van der Waals surface area (Å²) in [5.41, 5.74) is 3.18. The first-order chi connectivity index (χ1) is 16.2. The minimum atomic E-state index is -0.329. The molecule has 1 N–H and O–H groups in total. The molecule has 0 atom stereocenters. The standard InChI is InChI=1S/C26H21Cl2NO5/c1-14-8-17(27)4-7-21(14)29-24(30)13-32-18-5-6-20-22(11-18)33-12-23(26(20)31)34-19-9-15(2)25(28)16(3)10-19/h4-12H,13H2,1-3H3,(H,29,30). The van der Waals surface area contributed by atoms with Gasteiger partial charge in [-0.3, -0.25) is 9.59 Å². The largest absolute Gasteiger partial charge is 0.484 e. The molecule has 4 rings (SSSR count). The molecule has 0 aliphatic rings. The van der Waals surface area contributed by atoms with Gasteiger partial charge in [-0.05, 0) is 79.9 Å². The molecular weight excluding hydrogens is 477 g/mol. The number of ether oxygens (including phenoxy) is 2. The van der Waals surface area contributed by atoms with Crippen LogP contribution in [0.3, 0.4) is 0 Å². The maximum Gasteiger partial charge on any atom is 0.262 e. The Morgan fingerprint density at radius 1 is 0.941 bits per heavy atom. The van der Waals surface area contributed by atoms with E-state index in [4.69, 9.17) is 37.1 Å². The summed E-state index contributed by atoms with van der Waals surface area (Å²) in [6.07, 6.45) is 1.25. The van der Waals surface area contributed by atoms with Crippen LogP contribution in [0.4, 0.5) is 5.69 Å². The minimum absolute atomic E-state index is 0.0556. The highest BCUT2D eigenvalue weighted by Crippen LogP contribution is 2.29. The van der Waals surface area contributed by atoms with Gasteiger partial charge in [0.25, 0.3) is 5.91 Å². The predicted octanol–water partition coefficient (Wildman–Crippen LogP) is 6.83. The van der Waals surface area contributed by atoms with Crippen molar-refractivity contribution in [2.45, 2.75) is 20.8 Å². The molecule has 1 amide bonds. The van der Waals surface area contributed by atoms with Crippen LogP contribution in [0.2, 0.25) is 10.0 Å². The number of amides is 1. The average molecular weight is 498 g/mol.